The second-order valence-corrected chi connectivity index (χ2v) is 8.08. The number of aromatic nitrogens is 1. The average Bonchev–Trinajstić information content (AvgIpc) is 3.08. The molecule has 1 N–H and O–H groups in total. The van der Waals surface area contributed by atoms with E-state index in [1.54, 1.807) is 32.4 Å². The first-order chi connectivity index (χ1) is 15.4. The third-order valence-electron chi connectivity index (χ3n) is 5.15. The zero-order chi connectivity index (χ0) is 23.3. The first-order valence-electron chi connectivity index (χ1n) is 9.93. The third kappa shape index (κ3) is 5.04. The molecule has 3 aromatic rings. The number of ether oxygens (including phenoxy) is 2. The summed E-state index contributed by atoms with van der Waals surface area (Å²) in [5.41, 5.74) is 4.61. The molecule has 0 bridgehead atoms. The Morgan fingerprint density at radius 3 is 2.47 bits per heavy atom. The lowest BCUT2D eigenvalue weighted by atomic mass is 10.1. The van der Waals surface area contributed by atoms with Crippen LogP contribution in [0.4, 0.5) is 0 Å². The van der Waals surface area contributed by atoms with Crippen LogP contribution < -0.4 is 14.8 Å². The Hall–Kier alpha value is -3.50. The van der Waals surface area contributed by atoms with Gasteiger partial charge in [-0.2, -0.15) is 5.26 Å². The number of benzene rings is 2. The Morgan fingerprint density at radius 1 is 1.12 bits per heavy atom. The molecule has 1 amide bonds. The molecule has 0 spiro atoms. The second kappa shape index (κ2) is 10.2. The van der Waals surface area contributed by atoms with E-state index in [9.17, 15) is 10.1 Å². The van der Waals surface area contributed by atoms with Crippen LogP contribution in [0.25, 0.3) is 11.8 Å². The summed E-state index contributed by atoms with van der Waals surface area (Å²) in [6.07, 6.45) is 1.62. The van der Waals surface area contributed by atoms with Crippen molar-refractivity contribution >= 4 is 27.9 Å². The normalized spacial score (nSPS) is 11.1. The molecule has 0 aliphatic heterocycles. The van der Waals surface area contributed by atoms with Crippen molar-refractivity contribution in [2.75, 3.05) is 14.2 Å². The predicted octanol–water partition coefficient (Wildman–Crippen LogP) is 5.10. The molecule has 0 saturated heterocycles. The Balaban J connectivity index is 1.82. The summed E-state index contributed by atoms with van der Waals surface area (Å²) in [7, 11) is 3.13. The number of hydrogen-bond acceptors (Lipinski definition) is 4. The molecule has 0 saturated carbocycles. The lowest BCUT2D eigenvalue weighted by molar-refractivity contribution is -0.117. The van der Waals surface area contributed by atoms with E-state index < -0.39 is 5.91 Å². The van der Waals surface area contributed by atoms with Crippen LogP contribution in [0, 0.1) is 25.2 Å². The summed E-state index contributed by atoms with van der Waals surface area (Å²) >= 11 is 3.45. The summed E-state index contributed by atoms with van der Waals surface area (Å²) in [6.45, 7) is 4.19. The number of nitrogens with one attached hydrogen (secondary N) is 1. The van der Waals surface area contributed by atoms with Gasteiger partial charge < -0.3 is 19.4 Å². The summed E-state index contributed by atoms with van der Waals surface area (Å²) in [6, 6.07) is 17.3. The van der Waals surface area contributed by atoms with E-state index in [-0.39, 0.29) is 12.1 Å². The number of nitrogens with zero attached hydrogens (tertiary/aromatic N) is 2. The summed E-state index contributed by atoms with van der Waals surface area (Å²) in [5.74, 6) is 0.819. The molecule has 2 aromatic carbocycles. The maximum absolute atomic E-state index is 12.7. The number of amides is 1. The second-order valence-electron chi connectivity index (χ2n) is 7.17. The van der Waals surface area contributed by atoms with Crippen molar-refractivity contribution in [1.82, 2.24) is 9.88 Å². The number of carbonyl (C=O) groups excluding carboxylic acids is 1. The summed E-state index contributed by atoms with van der Waals surface area (Å²) < 4.78 is 13.7. The molecule has 0 radical (unpaired) electrons. The van der Waals surface area contributed by atoms with Crippen molar-refractivity contribution < 1.29 is 14.3 Å². The molecule has 3 rings (SSSR count). The van der Waals surface area contributed by atoms with Crippen LogP contribution in [0.5, 0.6) is 11.5 Å². The van der Waals surface area contributed by atoms with Crippen molar-refractivity contribution in [2.45, 2.75) is 20.4 Å². The summed E-state index contributed by atoms with van der Waals surface area (Å²) in [5, 5.41) is 12.4. The lowest BCUT2D eigenvalue weighted by Crippen LogP contribution is -2.24. The van der Waals surface area contributed by atoms with Crippen molar-refractivity contribution in [3.8, 4) is 23.3 Å². The molecule has 0 aliphatic carbocycles. The maximum atomic E-state index is 12.7. The van der Waals surface area contributed by atoms with E-state index in [1.165, 1.54) is 0 Å². The van der Waals surface area contributed by atoms with E-state index in [0.717, 1.165) is 32.7 Å². The molecule has 164 valence electrons. The Morgan fingerprint density at radius 2 is 1.84 bits per heavy atom. The van der Waals surface area contributed by atoms with E-state index in [2.05, 4.69) is 25.8 Å². The van der Waals surface area contributed by atoms with Gasteiger partial charge in [-0.05, 0) is 68.0 Å². The number of methoxy groups -OCH3 is 2. The van der Waals surface area contributed by atoms with Gasteiger partial charge in [0.2, 0.25) is 0 Å². The van der Waals surface area contributed by atoms with Crippen LogP contribution in [0.1, 0.15) is 22.5 Å². The molecule has 0 atom stereocenters. The highest BCUT2D eigenvalue weighted by atomic mass is 79.9. The van der Waals surface area contributed by atoms with E-state index in [1.807, 2.05) is 56.3 Å². The quantitative estimate of drug-likeness (QED) is 0.367. The Bertz CT molecular complexity index is 1200. The van der Waals surface area contributed by atoms with E-state index in [0.29, 0.717) is 11.5 Å². The van der Waals surface area contributed by atoms with Gasteiger partial charge in [-0.3, -0.25) is 4.79 Å². The minimum Gasteiger partial charge on any atom is -0.497 e. The maximum Gasteiger partial charge on any atom is 0.262 e. The zero-order valence-corrected chi connectivity index (χ0v) is 20.0. The lowest BCUT2D eigenvalue weighted by Gasteiger charge is -2.11. The van der Waals surface area contributed by atoms with Gasteiger partial charge in [-0.15, -0.1) is 0 Å². The minimum absolute atomic E-state index is 0.0357. The van der Waals surface area contributed by atoms with Gasteiger partial charge >= 0.3 is 0 Å². The average molecular weight is 494 g/mol. The van der Waals surface area contributed by atoms with Crippen molar-refractivity contribution in [2.24, 2.45) is 0 Å². The number of nitriles is 1. The monoisotopic (exact) mass is 493 g/mol. The molecule has 1 heterocycles. The largest absolute Gasteiger partial charge is 0.497 e. The van der Waals surface area contributed by atoms with Crippen LogP contribution in [-0.2, 0) is 11.3 Å². The van der Waals surface area contributed by atoms with E-state index in [4.69, 9.17) is 9.47 Å². The summed E-state index contributed by atoms with van der Waals surface area (Å²) in [4.78, 5) is 12.7. The van der Waals surface area contributed by atoms with Crippen molar-refractivity contribution in [3.05, 3.63) is 81.1 Å². The van der Waals surface area contributed by atoms with Crippen molar-refractivity contribution in [3.63, 3.8) is 0 Å². The standard InChI is InChI=1S/C25H24BrN3O3/c1-16-11-19(17(2)29(16)22-8-6-21(26)7-9-22)12-20(14-27)25(30)28-15-18-5-10-23(31-3)13-24(18)32-4/h5-13H,15H2,1-4H3,(H,28,30)/b20-12+. The molecule has 32 heavy (non-hydrogen) atoms. The Kier molecular flexibility index (Phi) is 7.39. The first-order valence-corrected chi connectivity index (χ1v) is 10.7. The Labute approximate surface area is 196 Å². The van der Waals surface area contributed by atoms with Gasteiger partial charge in [0.05, 0.1) is 14.2 Å². The number of carbonyl (C=O) groups is 1. The molecular weight excluding hydrogens is 470 g/mol. The number of halogens is 1. The fourth-order valence-corrected chi connectivity index (χ4v) is 3.76. The topological polar surface area (TPSA) is 76.3 Å². The SMILES string of the molecule is COc1ccc(CNC(=O)/C(C#N)=C/c2cc(C)n(-c3ccc(Br)cc3)c2C)c(OC)c1. The fraction of sp³-hybridized carbons (Fsp3) is 0.200. The number of aryl methyl sites for hydroxylation is 1. The molecular formula is C25H24BrN3O3. The van der Waals surface area contributed by atoms with Crippen LogP contribution in [0.2, 0.25) is 0 Å². The van der Waals surface area contributed by atoms with Gasteiger partial charge in [0.1, 0.15) is 23.1 Å². The highest BCUT2D eigenvalue weighted by Gasteiger charge is 2.15. The van der Waals surface area contributed by atoms with Gasteiger partial charge in [0, 0.05) is 39.7 Å². The van der Waals surface area contributed by atoms with Crippen LogP contribution in [-0.4, -0.2) is 24.7 Å². The number of rotatable bonds is 7. The van der Waals surface area contributed by atoms with E-state index >= 15 is 0 Å². The third-order valence-corrected chi connectivity index (χ3v) is 5.68. The number of hydrogen-bond donors (Lipinski definition) is 1. The van der Waals surface area contributed by atoms with Crippen LogP contribution >= 0.6 is 15.9 Å². The van der Waals surface area contributed by atoms with Gasteiger partial charge in [0.25, 0.3) is 5.91 Å². The zero-order valence-electron chi connectivity index (χ0n) is 18.4. The molecule has 0 fully saturated rings. The molecule has 7 heteroatoms. The smallest absolute Gasteiger partial charge is 0.262 e. The van der Waals surface area contributed by atoms with Gasteiger partial charge in [0.15, 0.2) is 0 Å². The fourth-order valence-electron chi connectivity index (χ4n) is 3.49. The minimum atomic E-state index is -0.446. The van der Waals surface area contributed by atoms with Crippen LogP contribution in [0.3, 0.4) is 0 Å². The van der Waals surface area contributed by atoms with Gasteiger partial charge in [-0.1, -0.05) is 15.9 Å². The van der Waals surface area contributed by atoms with Crippen molar-refractivity contribution in [1.29, 1.82) is 5.26 Å². The molecule has 1 aromatic heterocycles. The highest BCUT2D eigenvalue weighted by Crippen LogP contribution is 2.25. The van der Waals surface area contributed by atoms with Crippen LogP contribution in [0.15, 0.2) is 58.6 Å². The highest BCUT2D eigenvalue weighted by molar-refractivity contribution is 9.10. The molecule has 0 unspecified atom stereocenters. The predicted molar refractivity (Wildman–Crippen MR) is 128 cm³/mol. The molecule has 0 aliphatic rings. The molecule has 6 nitrogen and oxygen atoms in total. The first kappa shape index (κ1) is 23.2. The van der Waals surface area contributed by atoms with Gasteiger partial charge in [-0.25, -0.2) is 0 Å².